The third kappa shape index (κ3) is 9.32. The third-order valence-corrected chi connectivity index (χ3v) is 3.70. The Bertz CT molecular complexity index is 393. The zero-order chi connectivity index (χ0) is 13.6. The molecule has 0 aromatic heterocycles. The number of carbonyl (C=O) groups is 1. The maximum absolute atomic E-state index is 11.5. The highest BCUT2D eigenvalue weighted by molar-refractivity contribution is 9.10. The summed E-state index contributed by atoms with van der Waals surface area (Å²) in [4.78, 5) is 12.7. The van der Waals surface area contributed by atoms with Gasteiger partial charge in [-0.05, 0) is 38.1 Å². The van der Waals surface area contributed by atoms with Crippen molar-refractivity contribution in [2.45, 2.75) is 30.7 Å². The van der Waals surface area contributed by atoms with E-state index in [1.807, 2.05) is 38.1 Å². The molecular formula is C13H20BrClN2OS. The topological polar surface area (TPSA) is 55.1 Å². The second-order valence-electron chi connectivity index (χ2n) is 4.82. The van der Waals surface area contributed by atoms with Crippen LogP contribution in [0.1, 0.15) is 20.3 Å². The number of thioether (sulfide) groups is 1. The SMILES string of the molecule is CC(C)(N)CNC(=O)CCSc1ccc(Br)cc1.Cl. The molecule has 3 nitrogen and oxygen atoms in total. The molecule has 19 heavy (non-hydrogen) atoms. The van der Waals surface area contributed by atoms with E-state index in [0.29, 0.717) is 13.0 Å². The molecule has 0 unspecified atom stereocenters. The van der Waals surface area contributed by atoms with Gasteiger partial charge in [0.1, 0.15) is 0 Å². The highest BCUT2D eigenvalue weighted by atomic mass is 79.9. The van der Waals surface area contributed by atoms with Gasteiger partial charge < -0.3 is 11.1 Å². The lowest BCUT2D eigenvalue weighted by Crippen LogP contribution is -2.45. The molecule has 0 aliphatic heterocycles. The van der Waals surface area contributed by atoms with Crippen molar-refractivity contribution in [3.05, 3.63) is 28.7 Å². The number of halogens is 2. The van der Waals surface area contributed by atoms with Crippen LogP contribution in [0.25, 0.3) is 0 Å². The van der Waals surface area contributed by atoms with E-state index in [4.69, 9.17) is 5.73 Å². The quantitative estimate of drug-likeness (QED) is 0.759. The number of hydrogen-bond acceptors (Lipinski definition) is 3. The fourth-order valence-corrected chi connectivity index (χ4v) is 2.32. The van der Waals surface area contributed by atoms with Gasteiger partial charge >= 0.3 is 0 Å². The molecule has 1 rings (SSSR count). The Morgan fingerprint density at radius 1 is 1.37 bits per heavy atom. The summed E-state index contributed by atoms with van der Waals surface area (Å²) in [5.41, 5.74) is 5.44. The molecule has 0 atom stereocenters. The Morgan fingerprint density at radius 2 is 1.95 bits per heavy atom. The first kappa shape index (κ1) is 18.8. The Kier molecular flexibility index (Phi) is 8.74. The van der Waals surface area contributed by atoms with Crippen molar-refractivity contribution in [2.75, 3.05) is 12.3 Å². The summed E-state index contributed by atoms with van der Waals surface area (Å²) in [6.45, 7) is 4.29. The average Bonchev–Trinajstić information content (AvgIpc) is 2.28. The highest BCUT2D eigenvalue weighted by Crippen LogP contribution is 2.21. The minimum atomic E-state index is -0.353. The van der Waals surface area contributed by atoms with Crippen LogP contribution in [0.2, 0.25) is 0 Å². The number of benzene rings is 1. The molecule has 6 heteroatoms. The number of hydrogen-bond donors (Lipinski definition) is 2. The van der Waals surface area contributed by atoms with Crippen molar-refractivity contribution >= 4 is 46.0 Å². The summed E-state index contributed by atoms with van der Waals surface area (Å²) in [7, 11) is 0. The summed E-state index contributed by atoms with van der Waals surface area (Å²) in [6.07, 6.45) is 0.511. The van der Waals surface area contributed by atoms with Crippen molar-refractivity contribution in [3.8, 4) is 0 Å². The monoisotopic (exact) mass is 366 g/mol. The molecule has 0 saturated carbocycles. The first-order valence-electron chi connectivity index (χ1n) is 5.81. The van der Waals surface area contributed by atoms with E-state index in [-0.39, 0.29) is 23.9 Å². The van der Waals surface area contributed by atoms with E-state index < -0.39 is 0 Å². The fourth-order valence-electron chi connectivity index (χ4n) is 1.21. The van der Waals surface area contributed by atoms with Gasteiger partial charge in [-0.1, -0.05) is 15.9 Å². The lowest BCUT2D eigenvalue weighted by Gasteiger charge is -2.18. The van der Waals surface area contributed by atoms with E-state index in [9.17, 15) is 4.79 Å². The van der Waals surface area contributed by atoms with Crippen molar-refractivity contribution in [2.24, 2.45) is 5.73 Å². The largest absolute Gasteiger partial charge is 0.354 e. The van der Waals surface area contributed by atoms with Gasteiger partial charge in [0.25, 0.3) is 0 Å². The van der Waals surface area contributed by atoms with Gasteiger partial charge in [0.05, 0.1) is 0 Å². The summed E-state index contributed by atoms with van der Waals surface area (Å²) in [6, 6.07) is 8.07. The lowest BCUT2D eigenvalue weighted by molar-refractivity contribution is -0.120. The predicted octanol–water partition coefficient (Wildman–Crippen LogP) is 3.21. The molecule has 1 amide bonds. The van der Waals surface area contributed by atoms with Crippen LogP contribution in [0.15, 0.2) is 33.6 Å². The molecule has 1 aromatic rings. The molecule has 0 aliphatic rings. The normalized spacial score (nSPS) is 10.7. The van der Waals surface area contributed by atoms with E-state index in [2.05, 4.69) is 21.2 Å². The van der Waals surface area contributed by atoms with E-state index in [1.165, 1.54) is 4.90 Å². The fraction of sp³-hybridized carbons (Fsp3) is 0.462. The first-order valence-corrected chi connectivity index (χ1v) is 7.59. The molecule has 0 aliphatic carbocycles. The van der Waals surface area contributed by atoms with Crippen molar-refractivity contribution in [1.82, 2.24) is 5.32 Å². The highest BCUT2D eigenvalue weighted by Gasteiger charge is 2.11. The van der Waals surface area contributed by atoms with Crippen LogP contribution in [-0.2, 0) is 4.79 Å². The molecule has 108 valence electrons. The van der Waals surface area contributed by atoms with Crippen LogP contribution in [0, 0.1) is 0 Å². The van der Waals surface area contributed by atoms with Crippen LogP contribution >= 0.6 is 40.1 Å². The number of carbonyl (C=O) groups excluding carboxylic acids is 1. The second kappa shape index (κ2) is 8.84. The van der Waals surface area contributed by atoms with E-state index >= 15 is 0 Å². The predicted molar refractivity (Wildman–Crippen MR) is 88.0 cm³/mol. The number of nitrogens with two attached hydrogens (primary N) is 1. The first-order chi connectivity index (χ1) is 8.37. The molecular weight excluding hydrogens is 348 g/mol. The van der Waals surface area contributed by atoms with Gasteiger partial charge in [-0.25, -0.2) is 0 Å². The summed E-state index contributed by atoms with van der Waals surface area (Å²) < 4.78 is 1.06. The van der Waals surface area contributed by atoms with Gasteiger partial charge in [-0.15, -0.1) is 24.2 Å². The number of amides is 1. The minimum absolute atomic E-state index is 0. The number of rotatable bonds is 6. The molecule has 0 radical (unpaired) electrons. The third-order valence-electron chi connectivity index (χ3n) is 2.15. The molecule has 3 N–H and O–H groups in total. The van der Waals surface area contributed by atoms with Crippen molar-refractivity contribution in [1.29, 1.82) is 0 Å². The summed E-state index contributed by atoms with van der Waals surface area (Å²) in [5, 5.41) is 2.83. The van der Waals surface area contributed by atoms with Crippen LogP contribution < -0.4 is 11.1 Å². The zero-order valence-corrected chi connectivity index (χ0v) is 14.3. The van der Waals surface area contributed by atoms with Crippen LogP contribution in [0.5, 0.6) is 0 Å². The Balaban J connectivity index is 0.00000324. The summed E-state index contributed by atoms with van der Waals surface area (Å²) >= 11 is 5.07. The second-order valence-corrected chi connectivity index (χ2v) is 6.90. The van der Waals surface area contributed by atoms with Gasteiger partial charge in [-0.3, -0.25) is 4.79 Å². The Hall–Kier alpha value is -0.230. The van der Waals surface area contributed by atoms with Crippen LogP contribution in [0.4, 0.5) is 0 Å². The van der Waals surface area contributed by atoms with Gasteiger partial charge in [-0.2, -0.15) is 0 Å². The van der Waals surface area contributed by atoms with Crippen LogP contribution in [0.3, 0.4) is 0 Å². The van der Waals surface area contributed by atoms with E-state index in [0.717, 1.165) is 10.2 Å². The smallest absolute Gasteiger partial charge is 0.220 e. The molecule has 0 saturated heterocycles. The Labute approximate surface area is 133 Å². The van der Waals surface area contributed by atoms with Crippen molar-refractivity contribution < 1.29 is 4.79 Å². The van der Waals surface area contributed by atoms with Gasteiger partial charge in [0.2, 0.25) is 5.91 Å². The molecule has 0 bridgehead atoms. The Morgan fingerprint density at radius 3 is 2.47 bits per heavy atom. The van der Waals surface area contributed by atoms with E-state index in [1.54, 1.807) is 11.8 Å². The molecule has 0 fully saturated rings. The van der Waals surface area contributed by atoms with Crippen molar-refractivity contribution in [3.63, 3.8) is 0 Å². The van der Waals surface area contributed by atoms with Gasteiger partial charge in [0.15, 0.2) is 0 Å². The lowest BCUT2D eigenvalue weighted by atomic mass is 10.1. The standard InChI is InChI=1S/C13H19BrN2OS.ClH/c1-13(2,15)9-16-12(17)7-8-18-11-5-3-10(14)4-6-11;/h3-6H,7-9,15H2,1-2H3,(H,16,17);1H. The molecule has 1 aromatic carbocycles. The maximum Gasteiger partial charge on any atom is 0.220 e. The molecule has 0 heterocycles. The minimum Gasteiger partial charge on any atom is -0.354 e. The van der Waals surface area contributed by atoms with Gasteiger partial charge in [0, 0.05) is 33.6 Å². The number of nitrogens with one attached hydrogen (secondary N) is 1. The molecule has 0 spiro atoms. The van der Waals surface area contributed by atoms with Crippen LogP contribution in [-0.4, -0.2) is 23.7 Å². The maximum atomic E-state index is 11.5. The summed E-state index contributed by atoms with van der Waals surface area (Å²) in [5.74, 6) is 0.830. The average molecular weight is 368 g/mol. The zero-order valence-electron chi connectivity index (χ0n) is 11.1.